The van der Waals surface area contributed by atoms with Gasteiger partial charge in [0.25, 0.3) is 0 Å². The molecule has 3 nitrogen and oxygen atoms in total. The molecule has 2 rings (SSSR count). The zero-order valence-corrected chi connectivity index (χ0v) is 9.58. The minimum absolute atomic E-state index is 0.324. The van der Waals surface area contributed by atoms with Crippen molar-refractivity contribution in [2.24, 2.45) is 0 Å². The zero-order chi connectivity index (χ0) is 10.9. The first-order valence-corrected chi connectivity index (χ1v) is 5.85. The van der Waals surface area contributed by atoms with E-state index in [1.54, 1.807) is 0 Å². The fraction of sp³-hybridized carbons (Fsp3) is 0.833. The van der Waals surface area contributed by atoms with Gasteiger partial charge in [-0.25, -0.2) is 0 Å². The highest BCUT2D eigenvalue weighted by atomic mass is 16.7. The van der Waals surface area contributed by atoms with Crippen LogP contribution in [0, 0.1) is 0 Å². The molecule has 15 heavy (non-hydrogen) atoms. The van der Waals surface area contributed by atoms with E-state index in [1.165, 1.54) is 0 Å². The maximum absolute atomic E-state index is 9.93. The number of hydrogen-bond donors (Lipinski definition) is 1. The molecular weight excluding hydrogens is 192 g/mol. The van der Waals surface area contributed by atoms with Gasteiger partial charge in [-0.3, -0.25) is 0 Å². The second-order valence-corrected chi connectivity index (χ2v) is 4.38. The van der Waals surface area contributed by atoms with E-state index in [0.29, 0.717) is 13.2 Å². The van der Waals surface area contributed by atoms with Gasteiger partial charge in [-0.15, -0.1) is 0 Å². The lowest BCUT2D eigenvalue weighted by Gasteiger charge is -2.35. The summed E-state index contributed by atoms with van der Waals surface area (Å²) in [5, 5.41) is 9.93. The van der Waals surface area contributed by atoms with Crippen molar-refractivity contribution >= 4 is 0 Å². The van der Waals surface area contributed by atoms with Crippen molar-refractivity contribution in [3.63, 3.8) is 0 Å². The van der Waals surface area contributed by atoms with Crippen LogP contribution in [-0.2, 0) is 9.47 Å². The Morgan fingerprint density at radius 3 is 2.67 bits per heavy atom. The fourth-order valence-corrected chi connectivity index (χ4v) is 2.61. The highest BCUT2D eigenvalue weighted by Crippen LogP contribution is 2.41. The van der Waals surface area contributed by atoms with Crippen LogP contribution in [-0.4, -0.2) is 30.2 Å². The molecule has 1 unspecified atom stereocenters. The standard InChI is InChI=1S/C12H20O3/c1-3-11(13)10-5-4-6-12(9(10)2)14-7-8-15-12/h11,13H,3-8H2,1-2H3. The molecular formula is C12H20O3. The van der Waals surface area contributed by atoms with Crippen molar-refractivity contribution < 1.29 is 14.6 Å². The Hall–Kier alpha value is -0.380. The minimum Gasteiger partial charge on any atom is -0.389 e. The van der Waals surface area contributed by atoms with E-state index in [1.807, 2.05) is 13.8 Å². The van der Waals surface area contributed by atoms with Gasteiger partial charge in [0.15, 0.2) is 5.79 Å². The Labute approximate surface area is 91.1 Å². The van der Waals surface area contributed by atoms with E-state index in [9.17, 15) is 5.11 Å². The van der Waals surface area contributed by atoms with Gasteiger partial charge in [-0.2, -0.15) is 0 Å². The predicted molar refractivity (Wildman–Crippen MR) is 57.5 cm³/mol. The molecule has 1 saturated heterocycles. The molecule has 0 radical (unpaired) electrons. The smallest absolute Gasteiger partial charge is 0.191 e. The summed E-state index contributed by atoms with van der Waals surface area (Å²) in [5.41, 5.74) is 2.24. The SMILES string of the molecule is CCC(O)C1=C(C)C2(CCC1)OCCO2. The highest BCUT2D eigenvalue weighted by Gasteiger charge is 2.42. The van der Waals surface area contributed by atoms with Crippen LogP contribution < -0.4 is 0 Å². The summed E-state index contributed by atoms with van der Waals surface area (Å²) in [7, 11) is 0. The van der Waals surface area contributed by atoms with Crippen molar-refractivity contribution in [2.75, 3.05) is 13.2 Å². The fourth-order valence-electron chi connectivity index (χ4n) is 2.61. The van der Waals surface area contributed by atoms with Gasteiger partial charge in [-0.1, -0.05) is 6.92 Å². The van der Waals surface area contributed by atoms with Crippen molar-refractivity contribution in [3.05, 3.63) is 11.1 Å². The van der Waals surface area contributed by atoms with Crippen LogP contribution in [0.3, 0.4) is 0 Å². The Bertz CT molecular complexity index is 264. The number of aliphatic hydroxyl groups is 1. The summed E-state index contributed by atoms with van der Waals surface area (Å²) in [4.78, 5) is 0. The first kappa shape index (κ1) is 11.1. The summed E-state index contributed by atoms with van der Waals surface area (Å²) < 4.78 is 11.5. The van der Waals surface area contributed by atoms with Crippen LogP contribution in [0.25, 0.3) is 0 Å². The van der Waals surface area contributed by atoms with Crippen LogP contribution in [0.15, 0.2) is 11.1 Å². The third kappa shape index (κ3) is 1.84. The lowest BCUT2D eigenvalue weighted by Crippen LogP contribution is -2.36. The average Bonchev–Trinajstić information content (AvgIpc) is 2.71. The molecule has 1 aliphatic carbocycles. The maximum Gasteiger partial charge on any atom is 0.191 e. The van der Waals surface area contributed by atoms with E-state index in [2.05, 4.69) is 0 Å². The molecule has 1 spiro atoms. The number of ether oxygens (including phenoxy) is 2. The van der Waals surface area contributed by atoms with Gasteiger partial charge in [0.05, 0.1) is 19.3 Å². The van der Waals surface area contributed by atoms with Crippen molar-refractivity contribution in [2.45, 2.75) is 51.4 Å². The molecule has 86 valence electrons. The van der Waals surface area contributed by atoms with Crippen molar-refractivity contribution in [1.29, 1.82) is 0 Å². The largest absolute Gasteiger partial charge is 0.389 e. The summed E-state index contributed by atoms with van der Waals surface area (Å²) >= 11 is 0. The topological polar surface area (TPSA) is 38.7 Å². The lowest BCUT2D eigenvalue weighted by atomic mass is 9.84. The number of aliphatic hydroxyl groups excluding tert-OH is 1. The summed E-state index contributed by atoms with van der Waals surface area (Å²) in [6, 6.07) is 0. The number of hydrogen-bond acceptors (Lipinski definition) is 3. The molecule has 1 aliphatic heterocycles. The third-order valence-corrected chi connectivity index (χ3v) is 3.55. The van der Waals surface area contributed by atoms with Gasteiger partial charge >= 0.3 is 0 Å². The van der Waals surface area contributed by atoms with Gasteiger partial charge < -0.3 is 14.6 Å². The second kappa shape index (κ2) is 4.24. The molecule has 2 aliphatic rings. The zero-order valence-electron chi connectivity index (χ0n) is 9.58. The van der Waals surface area contributed by atoms with Crippen LogP contribution in [0.1, 0.15) is 39.5 Å². The van der Waals surface area contributed by atoms with Gasteiger partial charge in [-0.05, 0) is 37.3 Å². The summed E-state index contributed by atoms with van der Waals surface area (Å²) in [5.74, 6) is -0.496. The molecule has 0 aromatic rings. The Balaban J connectivity index is 2.28. The second-order valence-electron chi connectivity index (χ2n) is 4.38. The maximum atomic E-state index is 9.93. The van der Waals surface area contributed by atoms with E-state index in [-0.39, 0.29) is 6.10 Å². The monoisotopic (exact) mass is 212 g/mol. The lowest BCUT2D eigenvalue weighted by molar-refractivity contribution is -0.136. The van der Waals surface area contributed by atoms with Gasteiger partial charge in [0.2, 0.25) is 0 Å². The van der Waals surface area contributed by atoms with Crippen LogP contribution in [0.2, 0.25) is 0 Å². The predicted octanol–water partition coefficient (Wildman–Crippen LogP) is 2.00. The molecule has 0 aromatic carbocycles. The van der Waals surface area contributed by atoms with Gasteiger partial charge in [0.1, 0.15) is 0 Å². The summed E-state index contributed by atoms with van der Waals surface area (Å²) in [6.07, 6.45) is 3.40. The molecule has 1 heterocycles. The van der Waals surface area contributed by atoms with Crippen molar-refractivity contribution in [3.8, 4) is 0 Å². The van der Waals surface area contributed by atoms with E-state index in [4.69, 9.17) is 9.47 Å². The first-order valence-electron chi connectivity index (χ1n) is 5.85. The Morgan fingerprint density at radius 2 is 2.07 bits per heavy atom. The summed E-state index contributed by atoms with van der Waals surface area (Å²) in [6.45, 7) is 5.39. The van der Waals surface area contributed by atoms with E-state index in [0.717, 1.165) is 36.8 Å². The van der Waals surface area contributed by atoms with E-state index < -0.39 is 5.79 Å². The minimum atomic E-state index is -0.496. The van der Waals surface area contributed by atoms with Gasteiger partial charge in [0, 0.05) is 6.42 Å². The Morgan fingerprint density at radius 1 is 1.40 bits per heavy atom. The quantitative estimate of drug-likeness (QED) is 0.711. The third-order valence-electron chi connectivity index (χ3n) is 3.55. The normalized spacial score (nSPS) is 27.4. The highest BCUT2D eigenvalue weighted by molar-refractivity contribution is 5.26. The van der Waals surface area contributed by atoms with Crippen LogP contribution in [0.5, 0.6) is 0 Å². The Kier molecular flexibility index (Phi) is 3.14. The molecule has 0 aromatic heterocycles. The van der Waals surface area contributed by atoms with E-state index >= 15 is 0 Å². The average molecular weight is 212 g/mol. The molecule has 0 bridgehead atoms. The number of rotatable bonds is 2. The molecule has 3 heteroatoms. The molecule has 0 amide bonds. The molecule has 1 N–H and O–H groups in total. The van der Waals surface area contributed by atoms with Crippen molar-refractivity contribution in [1.82, 2.24) is 0 Å². The molecule has 1 atom stereocenters. The van der Waals surface area contributed by atoms with Crippen LogP contribution in [0.4, 0.5) is 0 Å². The molecule has 0 saturated carbocycles. The first-order chi connectivity index (χ1) is 7.19. The van der Waals surface area contributed by atoms with Crippen LogP contribution >= 0.6 is 0 Å². The molecule has 1 fully saturated rings.